The highest BCUT2D eigenvalue weighted by molar-refractivity contribution is 7.88. The van der Waals surface area contributed by atoms with E-state index in [4.69, 9.17) is 0 Å². The maximum atomic E-state index is 12.7. The van der Waals surface area contributed by atoms with Crippen LogP contribution < -0.4 is 4.90 Å². The van der Waals surface area contributed by atoms with E-state index in [1.807, 2.05) is 0 Å². The number of aryl methyl sites for hydroxylation is 1. The van der Waals surface area contributed by atoms with Gasteiger partial charge in [0.2, 0.25) is 15.9 Å². The number of hydrogen-bond acceptors (Lipinski definition) is 6. The third kappa shape index (κ3) is 6.19. The molecule has 2 aliphatic rings. The van der Waals surface area contributed by atoms with Gasteiger partial charge >= 0.3 is 0 Å². The summed E-state index contributed by atoms with van der Waals surface area (Å²) in [6, 6.07) is 8.40. The molecule has 0 spiro atoms. The largest absolute Gasteiger partial charge is 0.388 e. The van der Waals surface area contributed by atoms with Crippen LogP contribution in [0.5, 0.6) is 0 Å². The van der Waals surface area contributed by atoms with Crippen molar-refractivity contribution in [2.75, 3.05) is 71.1 Å². The number of nitrogens with zero attached hydrogens (tertiary/aromatic N) is 4. The summed E-state index contributed by atoms with van der Waals surface area (Å²) < 4.78 is 25.7. The molecule has 0 aromatic heterocycles. The Morgan fingerprint density at radius 3 is 2.42 bits per heavy atom. The standard InChI is InChI=1S/C22H36N4O4S/c1-18-6-5-7-20(14-18)25-10-8-22(28,9-11-25)17-24-12-13-26(31(4,29)30)16-19(15-24)21(27)23(2)3/h5-7,14,19,28H,8-13,15-17H2,1-4H3/t19-/m1/s1. The number of carbonyl (C=O) groups is 1. The van der Waals surface area contributed by atoms with E-state index in [9.17, 15) is 18.3 Å². The van der Waals surface area contributed by atoms with Gasteiger partial charge in [-0.15, -0.1) is 0 Å². The fourth-order valence-corrected chi connectivity index (χ4v) is 5.46. The Morgan fingerprint density at radius 2 is 1.84 bits per heavy atom. The minimum atomic E-state index is -3.39. The van der Waals surface area contributed by atoms with Gasteiger partial charge in [0.05, 0.1) is 17.8 Å². The number of β-amino-alcohol motifs (C(OH)–C–C–N with tert-alkyl or cyclic N) is 1. The first kappa shape index (κ1) is 24.0. The zero-order valence-electron chi connectivity index (χ0n) is 19.1. The van der Waals surface area contributed by atoms with Crippen molar-refractivity contribution in [2.24, 2.45) is 5.92 Å². The Morgan fingerprint density at radius 1 is 1.16 bits per heavy atom. The SMILES string of the molecule is Cc1cccc(N2CCC(O)(CN3CCN(S(C)(=O)=O)C[C@H](C(=O)N(C)C)C3)CC2)c1. The quantitative estimate of drug-likeness (QED) is 0.705. The number of hydrogen-bond donors (Lipinski definition) is 1. The smallest absolute Gasteiger partial charge is 0.227 e. The van der Waals surface area contributed by atoms with Crippen molar-refractivity contribution in [1.29, 1.82) is 0 Å². The van der Waals surface area contributed by atoms with E-state index in [1.165, 1.54) is 26.7 Å². The number of aliphatic hydroxyl groups is 1. The fourth-order valence-electron chi connectivity index (χ4n) is 4.60. The molecule has 2 heterocycles. The van der Waals surface area contributed by atoms with Crippen molar-refractivity contribution < 1.29 is 18.3 Å². The Bertz CT molecular complexity index is 881. The second kappa shape index (κ2) is 9.44. The lowest BCUT2D eigenvalue weighted by Gasteiger charge is -2.42. The van der Waals surface area contributed by atoms with Crippen LogP contribution in [0.1, 0.15) is 18.4 Å². The van der Waals surface area contributed by atoms with Crippen molar-refractivity contribution in [3.8, 4) is 0 Å². The summed E-state index contributed by atoms with van der Waals surface area (Å²) in [6.07, 6.45) is 2.47. The van der Waals surface area contributed by atoms with Gasteiger partial charge in [0.15, 0.2) is 0 Å². The summed E-state index contributed by atoms with van der Waals surface area (Å²) in [6.45, 7) is 5.54. The molecule has 9 heteroatoms. The summed E-state index contributed by atoms with van der Waals surface area (Å²) in [5.41, 5.74) is 1.55. The molecule has 1 aromatic rings. The third-order valence-electron chi connectivity index (χ3n) is 6.41. The monoisotopic (exact) mass is 452 g/mol. The first-order valence-corrected chi connectivity index (χ1v) is 12.7. The van der Waals surface area contributed by atoms with Crippen LogP contribution in [0.4, 0.5) is 5.69 Å². The highest BCUT2D eigenvalue weighted by Crippen LogP contribution is 2.28. The Balaban J connectivity index is 1.67. The zero-order valence-corrected chi connectivity index (χ0v) is 19.9. The number of amides is 1. The number of anilines is 1. The molecule has 2 aliphatic heterocycles. The number of benzene rings is 1. The fraction of sp³-hybridized carbons (Fsp3) is 0.682. The van der Waals surface area contributed by atoms with Crippen LogP contribution in [0.2, 0.25) is 0 Å². The molecule has 2 saturated heterocycles. The maximum Gasteiger partial charge on any atom is 0.227 e. The summed E-state index contributed by atoms with van der Waals surface area (Å²) in [7, 11) is -0.00506. The molecule has 0 saturated carbocycles. The molecule has 3 rings (SSSR count). The lowest BCUT2D eigenvalue weighted by molar-refractivity contribution is -0.133. The molecule has 0 unspecified atom stereocenters. The van der Waals surface area contributed by atoms with Gasteiger partial charge in [-0.25, -0.2) is 12.7 Å². The predicted molar refractivity (Wildman–Crippen MR) is 123 cm³/mol. The first-order valence-electron chi connectivity index (χ1n) is 10.9. The highest BCUT2D eigenvalue weighted by atomic mass is 32.2. The van der Waals surface area contributed by atoms with Gasteiger partial charge in [0.1, 0.15) is 0 Å². The first-order chi connectivity index (χ1) is 14.5. The summed E-state index contributed by atoms with van der Waals surface area (Å²) >= 11 is 0. The minimum Gasteiger partial charge on any atom is -0.388 e. The van der Waals surface area contributed by atoms with Crippen molar-refractivity contribution in [1.82, 2.24) is 14.1 Å². The van der Waals surface area contributed by atoms with Gasteiger partial charge in [0, 0.05) is 65.6 Å². The average molecular weight is 453 g/mol. The molecular weight excluding hydrogens is 416 g/mol. The minimum absolute atomic E-state index is 0.0817. The second-order valence-electron chi connectivity index (χ2n) is 9.34. The molecule has 0 aliphatic carbocycles. The van der Waals surface area contributed by atoms with E-state index in [0.717, 1.165) is 13.1 Å². The Kier molecular flexibility index (Phi) is 7.30. The molecule has 174 valence electrons. The van der Waals surface area contributed by atoms with E-state index >= 15 is 0 Å². The van der Waals surface area contributed by atoms with Gasteiger partial charge in [0.25, 0.3) is 0 Å². The van der Waals surface area contributed by atoms with E-state index < -0.39 is 21.5 Å². The van der Waals surface area contributed by atoms with Gasteiger partial charge in [-0.2, -0.15) is 0 Å². The summed E-state index contributed by atoms with van der Waals surface area (Å²) in [4.78, 5) is 18.6. The van der Waals surface area contributed by atoms with Crippen LogP contribution in [0.25, 0.3) is 0 Å². The van der Waals surface area contributed by atoms with Gasteiger partial charge in [-0.1, -0.05) is 12.1 Å². The van der Waals surface area contributed by atoms with Crippen LogP contribution in [-0.2, 0) is 14.8 Å². The van der Waals surface area contributed by atoms with Crippen LogP contribution in [0.15, 0.2) is 24.3 Å². The van der Waals surface area contributed by atoms with E-state index in [0.29, 0.717) is 39.0 Å². The van der Waals surface area contributed by atoms with E-state index in [-0.39, 0.29) is 12.5 Å². The Hall–Kier alpha value is -1.68. The van der Waals surface area contributed by atoms with Crippen molar-refractivity contribution in [3.63, 3.8) is 0 Å². The molecule has 31 heavy (non-hydrogen) atoms. The molecule has 8 nitrogen and oxygen atoms in total. The number of sulfonamides is 1. The molecule has 0 bridgehead atoms. The molecule has 0 radical (unpaired) electrons. The van der Waals surface area contributed by atoms with Crippen LogP contribution in [-0.4, -0.2) is 105 Å². The molecule has 1 amide bonds. The molecule has 2 fully saturated rings. The summed E-state index contributed by atoms with van der Waals surface area (Å²) in [5, 5.41) is 11.3. The number of piperidine rings is 1. The number of rotatable bonds is 5. The average Bonchev–Trinajstić information content (AvgIpc) is 2.90. The normalized spacial score (nSPS) is 23.4. The topological polar surface area (TPSA) is 84.4 Å². The summed E-state index contributed by atoms with van der Waals surface area (Å²) in [5.74, 6) is -0.523. The predicted octanol–water partition coefficient (Wildman–Crippen LogP) is 0.608. The molecular formula is C22H36N4O4S. The van der Waals surface area contributed by atoms with Crippen LogP contribution >= 0.6 is 0 Å². The van der Waals surface area contributed by atoms with Crippen LogP contribution in [0.3, 0.4) is 0 Å². The van der Waals surface area contributed by atoms with Crippen molar-refractivity contribution in [3.05, 3.63) is 29.8 Å². The molecule has 1 N–H and O–H groups in total. The maximum absolute atomic E-state index is 12.7. The molecule has 1 atom stereocenters. The van der Waals surface area contributed by atoms with Gasteiger partial charge in [-0.05, 0) is 37.5 Å². The molecule has 1 aromatic carbocycles. The Labute approximate surface area is 186 Å². The van der Waals surface area contributed by atoms with Crippen LogP contribution in [0, 0.1) is 12.8 Å². The third-order valence-corrected chi connectivity index (χ3v) is 7.68. The van der Waals surface area contributed by atoms with E-state index in [2.05, 4.69) is 41.0 Å². The van der Waals surface area contributed by atoms with Crippen molar-refractivity contribution in [2.45, 2.75) is 25.4 Å². The number of carbonyl (C=O) groups excluding carboxylic acids is 1. The zero-order chi connectivity index (χ0) is 22.8. The van der Waals surface area contributed by atoms with Gasteiger partial charge < -0.3 is 14.9 Å². The highest BCUT2D eigenvalue weighted by Gasteiger charge is 2.38. The second-order valence-corrected chi connectivity index (χ2v) is 11.3. The van der Waals surface area contributed by atoms with Gasteiger partial charge in [-0.3, -0.25) is 9.69 Å². The van der Waals surface area contributed by atoms with E-state index in [1.54, 1.807) is 14.1 Å². The lowest BCUT2D eigenvalue weighted by atomic mass is 9.90. The van der Waals surface area contributed by atoms with Crippen molar-refractivity contribution >= 4 is 21.6 Å². The lowest BCUT2D eigenvalue weighted by Crippen LogP contribution is -2.52.